The van der Waals surface area contributed by atoms with Crippen molar-refractivity contribution in [3.63, 3.8) is 0 Å². The summed E-state index contributed by atoms with van der Waals surface area (Å²) < 4.78 is 28.0. The van der Waals surface area contributed by atoms with Crippen molar-refractivity contribution in [2.24, 2.45) is 11.5 Å². The third-order valence-electron chi connectivity index (χ3n) is 6.95. The van der Waals surface area contributed by atoms with Gasteiger partial charge < -0.3 is 21.3 Å². The van der Waals surface area contributed by atoms with Gasteiger partial charge in [-0.05, 0) is 44.4 Å². The van der Waals surface area contributed by atoms with Crippen molar-refractivity contribution in [3.8, 4) is 0 Å². The Morgan fingerprint density at radius 1 is 1.16 bits per heavy atom. The number of aromatic nitrogens is 3. The van der Waals surface area contributed by atoms with Crippen LogP contribution < -0.4 is 21.1 Å². The molecule has 0 spiro atoms. The second kappa shape index (κ2) is 9.75. The fourth-order valence-electron chi connectivity index (χ4n) is 5.15. The first-order chi connectivity index (χ1) is 17.5. The number of aryl methyl sites for hydroxylation is 1. The minimum Gasteiger partial charge on any atom is -0.353 e. The van der Waals surface area contributed by atoms with Crippen LogP contribution >= 0.6 is 11.6 Å². The zero-order valence-electron chi connectivity index (χ0n) is 20.8. The van der Waals surface area contributed by atoms with Crippen molar-refractivity contribution in [2.75, 3.05) is 35.5 Å². The highest BCUT2D eigenvalue weighted by molar-refractivity contribution is 7.92. The fraction of sp³-hybridized carbons (Fsp3) is 0.458. The van der Waals surface area contributed by atoms with E-state index in [1.165, 1.54) is 12.1 Å². The number of hydrogen-bond acceptors (Lipinski definition) is 8. The fourth-order valence-corrected chi connectivity index (χ4v) is 5.90. The van der Waals surface area contributed by atoms with Gasteiger partial charge in [-0.15, -0.1) is 0 Å². The van der Waals surface area contributed by atoms with E-state index in [9.17, 15) is 13.2 Å². The van der Waals surface area contributed by atoms with Gasteiger partial charge in [-0.1, -0.05) is 11.6 Å². The predicted octanol–water partition coefficient (Wildman–Crippen LogP) is 1.90. The Morgan fingerprint density at radius 2 is 1.89 bits per heavy atom. The quantitative estimate of drug-likeness (QED) is 0.439. The molecule has 4 heterocycles. The highest BCUT2D eigenvalue weighted by Crippen LogP contribution is 2.34. The Balaban J connectivity index is 1.48. The average molecular weight is 547 g/mol. The summed E-state index contributed by atoms with van der Waals surface area (Å²) in [5, 5.41) is 5.12. The molecule has 5 rings (SSSR count). The van der Waals surface area contributed by atoms with Crippen molar-refractivity contribution in [1.29, 1.82) is 0 Å². The molecule has 2 unspecified atom stereocenters. The smallest absolute Gasteiger partial charge is 0.256 e. The molecule has 5 N–H and O–H groups in total. The first-order valence-electron chi connectivity index (χ1n) is 12.2. The zero-order chi connectivity index (χ0) is 26.5. The zero-order valence-corrected chi connectivity index (χ0v) is 22.3. The minimum absolute atomic E-state index is 0.103. The van der Waals surface area contributed by atoms with E-state index in [1.54, 1.807) is 15.5 Å². The normalized spacial score (nSPS) is 22.6. The topological polar surface area (TPSA) is 152 Å². The molecule has 1 aromatic carbocycles. The lowest BCUT2D eigenvalue weighted by atomic mass is 9.98. The average Bonchev–Trinajstić information content (AvgIpc) is 3.40. The summed E-state index contributed by atoms with van der Waals surface area (Å²) in [6, 6.07) is 5.96. The highest BCUT2D eigenvalue weighted by atomic mass is 35.5. The number of nitrogens with two attached hydrogens (primary N) is 2. The molecule has 13 heteroatoms. The lowest BCUT2D eigenvalue weighted by Gasteiger charge is -2.35. The molecular formula is C24H31ClN8O3S. The van der Waals surface area contributed by atoms with Gasteiger partial charge in [0.1, 0.15) is 5.82 Å². The number of nitrogens with one attached hydrogen (secondary N) is 1. The third kappa shape index (κ3) is 5.24. The van der Waals surface area contributed by atoms with Crippen LogP contribution in [0.1, 0.15) is 46.9 Å². The third-order valence-corrected chi connectivity index (χ3v) is 7.77. The number of sulfonamides is 1. The number of nitrogens with zero attached hydrogens (tertiary/aromatic N) is 5. The van der Waals surface area contributed by atoms with E-state index in [1.807, 2.05) is 19.2 Å². The summed E-state index contributed by atoms with van der Waals surface area (Å²) in [5.41, 5.74) is 15.0. The van der Waals surface area contributed by atoms with Gasteiger partial charge >= 0.3 is 0 Å². The number of rotatable bonds is 5. The number of hydrogen-bond donors (Lipinski definition) is 3. The number of fused-ring (bicyclic) bond motifs is 1. The maximum absolute atomic E-state index is 13.8. The van der Waals surface area contributed by atoms with E-state index in [0.717, 1.165) is 42.6 Å². The van der Waals surface area contributed by atoms with Crippen LogP contribution in [0.2, 0.25) is 5.02 Å². The van der Waals surface area contributed by atoms with E-state index in [0.29, 0.717) is 30.3 Å². The summed E-state index contributed by atoms with van der Waals surface area (Å²) in [7, 11) is -3.59. The van der Waals surface area contributed by atoms with Crippen molar-refractivity contribution in [3.05, 3.63) is 52.3 Å². The van der Waals surface area contributed by atoms with Gasteiger partial charge in [-0.3, -0.25) is 9.52 Å². The molecule has 0 saturated carbocycles. The predicted molar refractivity (Wildman–Crippen MR) is 143 cm³/mol. The number of anilines is 2. The molecule has 198 valence electrons. The first kappa shape index (κ1) is 25.7. The molecule has 0 aliphatic carbocycles. The number of halogens is 1. The van der Waals surface area contributed by atoms with E-state index in [2.05, 4.69) is 9.62 Å². The number of amides is 1. The maximum Gasteiger partial charge on any atom is 0.256 e. The lowest BCUT2D eigenvalue weighted by Crippen LogP contribution is -2.39. The standard InChI is InChI=1S/C24H31ClN8O3S/c1-14-11-33-22(28-23(14)31-12-17(26)18(27)13-31)10-20(29-33)21-5-3-4-8-32(21)24(34)16-9-15(25)6-7-19(16)30-37(2,35)36/h6-7,9-11,17-18,21,30H,3-5,8,12-13,26-27H2,1-2H3/t17?,18?,21-/m0/s1. The van der Waals surface area contributed by atoms with Crippen LogP contribution in [0.15, 0.2) is 30.5 Å². The van der Waals surface area contributed by atoms with Crippen molar-refractivity contribution < 1.29 is 13.2 Å². The van der Waals surface area contributed by atoms with Crippen LogP contribution in [0.5, 0.6) is 0 Å². The Morgan fingerprint density at radius 3 is 2.59 bits per heavy atom. The number of carbonyl (C=O) groups is 1. The van der Waals surface area contributed by atoms with Crippen LogP contribution in [-0.4, -0.2) is 71.8 Å². The van der Waals surface area contributed by atoms with Crippen LogP contribution in [-0.2, 0) is 10.0 Å². The second-order valence-electron chi connectivity index (χ2n) is 9.93. The molecular weight excluding hydrogens is 516 g/mol. The molecule has 11 nitrogen and oxygen atoms in total. The summed E-state index contributed by atoms with van der Waals surface area (Å²) in [5.74, 6) is 0.523. The molecule has 1 amide bonds. The van der Waals surface area contributed by atoms with Crippen molar-refractivity contribution >= 4 is 44.7 Å². The molecule has 0 radical (unpaired) electrons. The van der Waals surface area contributed by atoms with Crippen LogP contribution in [0.4, 0.5) is 11.5 Å². The van der Waals surface area contributed by atoms with Gasteiger partial charge in [-0.2, -0.15) is 5.10 Å². The molecule has 2 aromatic heterocycles. The molecule has 2 fully saturated rings. The minimum atomic E-state index is -3.59. The maximum atomic E-state index is 13.8. The summed E-state index contributed by atoms with van der Waals surface area (Å²) in [4.78, 5) is 22.5. The molecule has 2 aliphatic heterocycles. The molecule has 37 heavy (non-hydrogen) atoms. The Kier molecular flexibility index (Phi) is 6.77. The van der Waals surface area contributed by atoms with E-state index >= 15 is 0 Å². The first-order valence-corrected chi connectivity index (χ1v) is 14.5. The van der Waals surface area contributed by atoms with Gasteiger partial charge in [-0.25, -0.2) is 17.9 Å². The largest absolute Gasteiger partial charge is 0.353 e. The van der Waals surface area contributed by atoms with E-state index < -0.39 is 10.0 Å². The van der Waals surface area contributed by atoms with Gasteiger partial charge in [0.15, 0.2) is 5.65 Å². The molecule has 3 atom stereocenters. The second-order valence-corrected chi connectivity index (χ2v) is 12.1. The highest BCUT2D eigenvalue weighted by Gasteiger charge is 2.33. The van der Waals surface area contributed by atoms with Gasteiger partial charge in [0, 0.05) is 54.6 Å². The van der Waals surface area contributed by atoms with Crippen molar-refractivity contribution in [1.82, 2.24) is 19.5 Å². The number of carbonyl (C=O) groups excluding carboxylic acids is 1. The summed E-state index contributed by atoms with van der Waals surface area (Å²) in [6.07, 6.45) is 5.47. The number of benzene rings is 1. The summed E-state index contributed by atoms with van der Waals surface area (Å²) in [6.45, 7) is 3.77. The Labute approximate surface area is 220 Å². The monoisotopic (exact) mass is 546 g/mol. The molecule has 3 aromatic rings. The number of piperidine rings is 1. The van der Waals surface area contributed by atoms with Gasteiger partial charge in [0.05, 0.1) is 29.2 Å². The van der Waals surface area contributed by atoms with Gasteiger partial charge in [0.2, 0.25) is 10.0 Å². The molecule has 2 aliphatic rings. The SMILES string of the molecule is Cc1cn2nc([C@@H]3CCCCN3C(=O)c3cc(Cl)ccc3NS(C)(=O)=O)cc2nc1N1CC(N)C(N)C1. The lowest BCUT2D eigenvalue weighted by molar-refractivity contribution is 0.0607. The van der Waals surface area contributed by atoms with Crippen LogP contribution in [0, 0.1) is 6.92 Å². The summed E-state index contributed by atoms with van der Waals surface area (Å²) >= 11 is 6.19. The van der Waals surface area contributed by atoms with E-state index in [-0.39, 0.29) is 35.3 Å². The van der Waals surface area contributed by atoms with Crippen molar-refractivity contribution in [2.45, 2.75) is 44.3 Å². The Hall–Kier alpha value is -2.93. The Bertz CT molecular complexity index is 1450. The van der Waals surface area contributed by atoms with E-state index in [4.69, 9.17) is 33.2 Å². The molecule has 2 saturated heterocycles. The van der Waals surface area contributed by atoms with Crippen LogP contribution in [0.25, 0.3) is 5.65 Å². The van der Waals surface area contributed by atoms with Gasteiger partial charge in [0.25, 0.3) is 5.91 Å². The molecule has 0 bridgehead atoms. The number of likely N-dealkylation sites (tertiary alicyclic amines) is 1. The van der Waals surface area contributed by atoms with Crippen LogP contribution in [0.3, 0.4) is 0 Å².